The number of rotatable bonds is 3. The van der Waals surface area contributed by atoms with Crippen molar-refractivity contribution in [2.24, 2.45) is 0 Å². The van der Waals surface area contributed by atoms with Gasteiger partial charge >= 0.3 is 0 Å². The van der Waals surface area contributed by atoms with E-state index in [-0.39, 0.29) is 5.82 Å². The molecule has 0 fully saturated rings. The van der Waals surface area contributed by atoms with Crippen molar-refractivity contribution < 1.29 is 9.50 Å². The van der Waals surface area contributed by atoms with Crippen LogP contribution in [0.5, 0.6) is 0 Å². The summed E-state index contributed by atoms with van der Waals surface area (Å²) in [6.45, 7) is 5.79. The highest BCUT2D eigenvalue weighted by Gasteiger charge is 2.11. The summed E-state index contributed by atoms with van der Waals surface area (Å²) in [7, 11) is 0. The minimum absolute atomic E-state index is 0.319. The number of aliphatic hydroxyl groups excluding tert-OH is 1. The van der Waals surface area contributed by atoms with Gasteiger partial charge in [-0.1, -0.05) is 17.8 Å². The van der Waals surface area contributed by atoms with Crippen LogP contribution in [0.1, 0.15) is 29.7 Å². The van der Waals surface area contributed by atoms with Crippen LogP contribution in [0.2, 0.25) is 0 Å². The van der Waals surface area contributed by atoms with Crippen molar-refractivity contribution in [2.75, 3.05) is 0 Å². The van der Waals surface area contributed by atoms with E-state index in [9.17, 15) is 9.50 Å². The van der Waals surface area contributed by atoms with E-state index in [0.29, 0.717) is 5.56 Å². The van der Waals surface area contributed by atoms with Gasteiger partial charge in [0.1, 0.15) is 5.82 Å². The monoisotopic (exact) mass is 276 g/mol. The van der Waals surface area contributed by atoms with Gasteiger partial charge in [-0.05, 0) is 67.8 Å². The van der Waals surface area contributed by atoms with Gasteiger partial charge in [-0.2, -0.15) is 0 Å². The van der Waals surface area contributed by atoms with Crippen LogP contribution in [0.15, 0.2) is 46.2 Å². The number of aliphatic hydroxyl groups is 1. The Labute approximate surface area is 117 Å². The first-order valence-corrected chi connectivity index (χ1v) is 7.01. The van der Waals surface area contributed by atoms with Crippen molar-refractivity contribution in [2.45, 2.75) is 36.7 Å². The molecule has 3 heteroatoms. The maximum Gasteiger partial charge on any atom is 0.123 e. The Bertz CT molecular complexity index is 593. The maximum atomic E-state index is 13.2. The predicted molar refractivity (Wildman–Crippen MR) is 77.1 cm³/mol. The normalized spacial score (nSPS) is 12.5. The first-order chi connectivity index (χ1) is 8.97. The summed E-state index contributed by atoms with van der Waals surface area (Å²) in [4.78, 5) is 1.98. The first-order valence-electron chi connectivity index (χ1n) is 6.20. The van der Waals surface area contributed by atoms with Crippen LogP contribution >= 0.6 is 11.8 Å². The lowest BCUT2D eigenvalue weighted by Crippen LogP contribution is -1.95. The highest BCUT2D eigenvalue weighted by atomic mass is 32.2. The minimum atomic E-state index is -0.676. The molecule has 100 valence electrons. The molecule has 1 atom stereocenters. The van der Waals surface area contributed by atoms with Crippen LogP contribution in [0.3, 0.4) is 0 Å². The summed E-state index contributed by atoms with van der Waals surface area (Å²) in [6, 6.07) is 10.8. The summed E-state index contributed by atoms with van der Waals surface area (Å²) in [5.41, 5.74) is 3.10. The van der Waals surface area contributed by atoms with E-state index in [1.807, 2.05) is 6.07 Å². The van der Waals surface area contributed by atoms with E-state index >= 15 is 0 Å². The van der Waals surface area contributed by atoms with Crippen LogP contribution in [-0.4, -0.2) is 5.11 Å². The van der Waals surface area contributed by atoms with Gasteiger partial charge in [-0.15, -0.1) is 0 Å². The average molecular weight is 276 g/mol. The summed E-state index contributed by atoms with van der Waals surface area (Å²) in [5.74, 6) is -0.319. The Kier molecular flexibility index (Phi) is 4.27. The third kappa shape index (κ3) is 3.37. The van der Waals surface area contributed by atoms with Gasteiger partial charge in [0.05, 0.1) is 6.10 Å². The van der Waals surface area contributed by atoms with Crippen LogP contribution in [0.4, 0.5) is 4.39 Å². The zero-order chi connectivity index (χ0) is 14.0. The second kappa shape index (κ2) is 5.76. The van der Waals surface area contributed by atoms with Gasteiger partial charge in [0.2, 0.25) is 0 Å². The third-order valence-electron chi connectivity index (χ3n) is 3.13. The smallest absolute Gasteiger partial charge is 0.123 e. The molecule has 0 saturated carbocycles. The summed E-state index contributed by atoms with van der Waals surface area (Å²) >= 11 is 1.55. The Morgan fingerprint density at radius 1 is 1.05 bits per heavy atom. The molecule has 19 heavy (non-hydrogen) atoms. The van der Waals surface area contributed by atoms with Gasteiger partial charge < -0.3 is 5.11 Å². The van der Waals surface area contributed by atoms with Crippen molar-refractivity contribution in [3.63, 3.8) is 0 Å². The molecule has 0 aliphatic carbocycles. The number of aryl methyl sites for hydroxylation is 2. The molecular formula is C16H17FOS. The highest BCUT2D eigenvalue weighted by Crippen LogP contribution is 2.34. The van der Waals surface area contributed by atoms with E-state index in [4.69, 9.17) is 0 Å². The molecule has 0 spiro atoms. The Balaban J connectivity index is 2.35. The van der Waals surface area contributed by atoms with E-state index in [0.717, 1.165) is 9.79 Å². The summed E-state index contributed by atoms with van der Waals surface area (Å²) < 4.78 is 13.2. The van der Waals surface area contributed by atoms with Crippen molar-refractivity contribution >= 4 is 11.8 Å². The molecule has 0 aliphatic rings. The van der Waals surface area contributed by atoms with Crippen LogP contribution in [0, 0.1) is 19.7 Å². The summed E-state index contributed by atoms with van der Waals surface area (Å²) in [6.07, 6.45) is -0.676. The molecule has 0 aromatic heterocycles. The molecule has 2 rings (SSSR count). The van der Waals surface area contributed by atoms with Crippen LogP contribution in [-0.2, 0) is 0 Å². The molecule has 2 aromatic carbocycles. The largest absolute Gasteiger partial charge is 0.389 e. The van der Waals surface area contributed by atoms with Gasteiger partial charge in [-0.25, -0.2) is 4.39 Å². The zero-order valence-electron chi connectivity index (χ0n) is 11.3. The molecule has 0 saturated heterocycles. The second-order valence-corrected chi connectivity index (χ2v) is 5.82. The van der Waals surface area contributed by atoms with Crippen LogP contribution in [0.25, 0.3) is 0 Å². The molecule has 0 heterocycles. The van der Waals surface area contributed by atoms with Gasteiger partial charge in [0.25, 0.3) is 0 Å². The van der Waals surface area contributed by atoms with E-state index in [2.05, 4.69) is 26.0 Å². The fourth-order valence-electron chi connectivity index (χ4n) is 1.84. The van der Waals surface area contributed by atoms with Crippen LogP contribution < -0.4 is 0 Å². The fraction of sp³-hybridized carbons (Fsp3) is 0.250. The predicted octanol–water partition coefficient (Wildman–Crippen LogP) is 4.65. The number of halogens is 1. The molecular weight excluding hydrogens is 259 g/mol. The lowest BCUT2D eigenvalue weighted by Gasteiger charge is -2.12. The standard InChI is InChI=1S/C16H17FOS/c1-10-4-6-14(8-11(10)2)19-16-7-5-13(17)9-15(16)12(3)18/h4-9,12,18H,1-3H3/t12-/m0/s1. The Morgan fingerprint density at radius 2 is 1.79 bits per heavy atom. The molecule has 1 N–H and O–H groups in total. The third-order valence-corrected chi connectivity index (χ3v) is 4.21. The molecule has 2 aromatic rings. The van der Waals surface area contributed by atoms with Crippen molar-refractivity contribution in [3.8, 4) is 0 Å². The molecule has 0 amide bonds. The lowest BCUT2D eigenvalue weighted by atomic mass is 10.1. The second-order valence-electron chi connectivity index (χ2n) is 4.71. The zero-order valence-corrected chi connectivity index (χ0v) is 12.1. The highest BCUT2D eigenvalue weighted by molar-refractivity contribution is 7.99. The quantitative estimate of drug-likeness (QED) is 0.880. The SMILES string of the molecule is Cc1ccc(Sc2ccc(F)cc2[C@H](C)O)cc1C. The average Bonchev–Trinajstić information content (AvgIpc) is 2.36. The summed E-state index contributed by atoms with van der Waals surface area (Å²) in [5, 5.41) is 9.73. The van der Waals surface area contributed by atoms with Gasteiger partial charge in [0, 0.05) is 9.79 Å². The van der Waals surface area contributed by atoms with Crippen molar-refractivity contribution in [3.05, 3.63) is 58.9 Å². The Hall–Kier alpha value is -1.32. The van der Waals surface area contributed by atoms with Gasteiger partial charge in [0.15, 0.2) is 0 Å². The van der Waals surface area contributed by atoms with E-state index in [1.54, 1.807) is 24.8 Å². The molecule has 1 nitrogen and oxygen atoms in total. The molecule has 0 unspecified atom stereocenters. The van der Waals surface area contributed by atoms with Crippen molar-refractivity contribution in [1.29, 1.82) is 0 Å². The number of hydrogen-bond acceptors (Lipinski definition) is 2. The number of hydrogen-bond donors (Lipinski definition) is 1. The first kappa shape index (κ1) is 14.1. The molecule has 0 bridgehead atoms. The van der Waals surface area contributed by atoms with E-state index in [1.165, 1.54) is 23.3 Å². The topological polar surface area (TPSA) is 20.2 Å². The van der Waals surface area contributed by atoms with E-state index < -0.39 is 6.10 Å². The number of benzene rings is 2. The Morgan fingerprint density at radius 3 is 2.42 bits per heavy atom. The minimum Gasteiger partial charge on any atom is -0.389 e. The fourth-order valence-corrected chi connectivity index (χ4v) is 2.95. The molecule has 0 aliphatic heterocycles. The molecule has 0 radical (unpaired) electrons. The van der Waals surface area contributed by atoms with Gasteiger partial charge in [-0.3, -0.25) is 0 Å². The van der Waals surface area contributed by atoms with Crippen molar-refractivity contribution in [1.82, 2.24) is 0 Å². The lowest BCUT2D eigenvalue weighted by molar-refractivity contribution is 0.196. The maximum absolute atomic E-state index is 13.2.